The number of rotatable bonds is 6. The Hall–Kier alpha value is -2.04. The standard InChI is InChI=1S/C14H19NO4/c1-4-10(3)15-13(16)8-19-11-6-5-9(2)12(7-11)14(17)18/h5-7,10H,4,8H2,1-3H3,(H,15,16)(H,17,18). The fourth-order valence-electron chi connectivity index (χ4n) is 1.49. The van der Waals surface area contributed by atoms with Crippen molar-refractivity contribution in [1.82, 2.24) is 5.32 Å². The van der Waals surface area contributed by atoms with Crippen LogP contribution in [0.1, 0.15) is 36.2 Å². The normalized spacial score (nSPS) is 11.7. The van der Waals surface area contributed by atoms with Crippen LogP contribution in [0.25, 0.3) is 0 Å². The van der Waals surface area contributed by atoms with Gasteiger partial charge >= 0.3 is 5.97 Å². The van der Waals surface area contributed by atoms with Crippen LogP contribution in [0.4, 0.5) is 0 Å². The summed E-state index contributed by atoms with van der Waals surface area (Å²) in [5, 5.41) is 11.8. The van der Waals surface area contributed by atoms with Crippen LogP contribution in [0, 0.1) is 6.92 Å². The summed E-state index contributed by atoms with van der Waals surface area (Å²) >= 11 is 0. The molecule has 0 aliphatic carbocycles. The van der Waals surface area contributed by atoms with Crippen molar-refractivity contribution in [2.24, 2.45) is 0 Å². The van der Waals surface area contributed by atoms with Crippen LogP contribution in [0.2, 0.25) is 0 Å². The number of aryl methyl sites for hydroxylation is 1. The van der Waals surface area contributed by atoms with Crippen LogP contribution in [-0.4, -0.2) is 29.6 Å². The molecule has 0 saturated carbocycles. The van der Waals surface area contributed by atoms with E-state index in [2.05, 4.69) is 5.32 Å². The van der Waals surface area contributed by atoms with E-state index in [0.717, 1.165) is 6.42 Å². The lowest BCUT2D eigenvalue weighted by Crippen LogP contribution is -2.35. The van der Waals surface area contributed by atoms with Gasteiger partial charge in [0.25, 0.3) is 5.91 Å². The SMILES string of the molecule is CCC(C)NC(=O)COc1ccc(C)c(C(=O)O)c1. The minimum atomic E-state index is -1.01. The van der Waals surface area contributed by atoms with E-state index in [0.29, 0.717) is 11.3 Å². The Labute approximate surface area is 112 Å². The summed E-state index contributed by atoms with van der Waals surface area (Å²) < 4.78 is 5.28. The average molecular weight is 265 g/mol. The number of amides is 1. The summed E-state index contributed by atoms with van der Waals surface area (Å²) in [5.41, 5.74) is 0.837. The van der Waals surface area contributed by atoms with Crippen molar-refractivity contribution in [3.05, 3.63) is 29.3 Å². The van der Waals surface area contributed by atoms with Gasteiger partial charge in [-0.2, -0.15) is 0 Å². The molecule has 5 nitrogen and oxygen atoms in total. The lowest BCUT2D eigenvalue weighted by Gasteiger charge is -2.12. The molecule has 1 unspecified atom stereocenters. The molecular formula is C14H19NO4. The molecule has 0 heterocycles. The minimum absolute atomic E-state index is 0.101. The topological polar surface area (TPSA) is 75.6 Å². The van der Waals surface area contributed by atoms with Gasteiger partial charge in [-0.3, -0.25) is 4.79 Å². The van der Waals surface area contributed by atoms with Gasteiger partial charge in [-0.15, -0.1) is 0 Å². The molecule has 2 N–H and O–H groups in total. The number of carbonyl (C=O) groups excluding carboxylic acids is 1. The lowest BCUT2D eigenvalue weighted by molar-refractivity contribution is -0.123. The van der Waals surface area contributed by atoms with Crippen LogP contribution < -0.4 is 10.1 Å². The summed E-state index contributed by atoms with van der Waals surface area (Å²) in [6, 6.07) is 4.83. The molecule has 1 amide bonds. The Balaban J connectivity index is 2.61. The molecule has 1 aromatic carbocycles. The molecule has 0 radical (unpaired) electrons. The van der Waals surface area contributed by atoms with E-state index in [1.54, 1.807) is 19.1 Å². The van der Waals surface area contributed by atoms with Gasteiger partial charge in [0, 0.05) is 6.04 Å². The first-order chi connectivity index (χ1) is 8.93. The van der Waals surface area contributed by atoms with Crippen molar-refractivity contribution in [1.29, 1.82) is 0 Å². The fraction of sp³-hybridized carbons (Fsp3) is 0.429. The van der Waals surface area contributed by atoms with Crippen molar-refractivity contribution >= 4 is 11.9 Å². The molecule has 0 fully saturated rings. The maximum Gasteiger partial charge on any atom is 0.336 e. The van der Waals surface area contributed by atoms with Crippen molar-refractivity contribution in [2.45, 2.75) is 33.2 Å². The number of ether oxygens (including phenoxy) is 1. The highest BCUT2D eigenvalue weighted by Gasteiger charge is 2.10. The Morgan fingerprint density at radius 2 is 2.11 bits per heavy atom. The second-order valence-electron chi connectivity index (χ2n) is 4.45. The lowest BCUT2D eigenvalue weighted by atomic mass is 10.1. The van der Waals surface area contributed by atoms with E-state index in [1.807, 2.05) is 13.8 Å². The number of benzene rings is 1. The van der Waals surface area contributed by atoms with Gasteiger partial charge in [0.1, 0.15) is 5.75 Å². The number of hydrogen-bond acceptors (Lipinski definition) is 3. The monoisotopic (exact) mass is 265 g/mol. The largest absolute Gasteiger partial charge is 0.484 e. The van der Waals surface area contributed by atoms with Crippen LogP contribution >= 0.6 is 0 Å². The Morgan fingerprint density at radius 3 is 2.68 bits per heavy atom. The Kier molecular flexibility index (Phi) is 5.36. The third kappa shape index (κ3) is 4.62. The third-order valence-corrected chi connectivity index (χ3v) is 2.83. The second-order valence-corrected chi connectivity index (χ2v) is 4.45. The van der Waals surface area contributed by atoms with E-state index in [4.69, 9.17) is 9.84 Å². The highest BCUT2D eigenvalue weighted by molar-refractivity contribution is 5.89. The van der Waals surface area contributed by atoms with Crippen molar-refractivity contribution in [3.63, 3.8) is 0 Å². The maximum atomic E-state index is 11.5. The van der Waals surface area contributed by atoms with Crippen LogP contribution in [0.15, 0.2) is 18.2 Å². The highest BCUT2D eigenvalue weighted by atomic mass is 16.5. The van der Waals surface area contributed by atoms with Gasteiger partial charge in [0.15, 0.2) is 6.61 Å². The molecule has 104 valence electrons. The van der Waals surface area contributed by atoms with Crippen LogP contribution in [0.3, 0.4) is 0 Å². The molecule has 0 aliphatic heterocycles. The van der Waals surface area contributed by atoms with E-state index in [1.165, 1.54) is 6.07 Å². The summed E-state index contributed by atoms with van der Waals surface area (Å²) in [7, 11) is 0. The second kappa shape index (κ2) is 6.78. The van der Waals surface area contributed by atoms with Crippen LogP contribution in [-0.2, 0) is 4.79 Å². The molecule has 0 aliphatic rings. The number of aromatic carboxylic acids is 1. The molecule has 1 atom stereocenters. The zero-order valence-corrected chi connectivity index (χ0v) is 11.4. The Bertz CT molecular complexity index is 471. The molecular weight excluding hydrogens is 246 g/mol. The van der Waals surface area contributed by atoms with E-state index < -0.39 is 5.97 Å². The number of carbonyl (C=O) groups is 2. The number of carboxylic acids is 1. The number of nitrogens with one attached hydrogen (secondary N) is 1. The molecule has 19 heavy (non-hydrogen) atoms. The van der Waals surface area contributed by atoms with Gasteiger partial charge < -0.3 is 15.2 Å². The molecule has 0 spiro atoms. The van der Waals surface area contributed by atoms with E-state index in [9.17, 15) is 9.59 Å². The zero-order valence-electron chi connectivity index (χ0n) is 11.4. The average Bonchev–Trinajstić information content (AvgIpc) is 2.37. The molecule has 0 aromatic heterocycles. The minimum Gasteiger partial charge on any atom is -0.484 e. The third-order valence-electron chi connectivity index (χ3n) is 2.83. The summed E-state index contributed by atoms with van der Waals surface area (Å²) in [4.78, 5) is 22.5. The number of hydrogen-bond donors (Lipinski definition) is 2. The molecule has 0 saturated heterocycles. The molecule has 5 heteroatoms. The molecule has 1 rings (SSSR count). The predicted molar refractivity (Wildman–Crippen MR) is 71.5 cm³/mol. The first-order valence-corrected chi connectivity index (χ1v) is 6.20. The van der Waals surface area contributed by atoms with E-state index in [-0.39, 0.29) is 24.1 Å². The number of carboxylic acid groups (broad SMARTS) is 1. The first-order valence-electron chi connectivity index (χ1n) is 6.20. The smallest absolute Gasteiger partial charge is 0.336 e. The summed E-state index contributed by atoms with van der Waals surface area (Å²) in [6.07, 6.45) is 0.847. The van der Waals surface area contributed by atoms with Crippen molar-refractivity contribution < 1.29 is 19.4 Å². The molecule has 1 aromatic rings. The van der Waals surface area contributed by atoms with Gasteiger partial charge in [0.2, 0.25) is 0 Å². The Morgan fingerprint density at radius 1 is 1.42 bits per heavy atom. The summed E-state index contributed by atoms with van der Waals surface area (Å²) in [6.45, 7) is 5.48. The van der Waals surface area contributed by atoms with Crippen LogP contribution in [0.5, 0.6) is 5.75 Å². The fourth-order valence-corrected chi connectivity index (χ4v) is 1.49. The quantitative estimate of drug-likeness (QED) is 0.824. The zero-order chi connectivity index (χ0) is 14.4. The van der Waals surface area contributed by atoms with Gasteiger partial charge in [-0.05, 0) is 38.0 Å². The van der Waals surface area contributed by atoms with Gasteiger partial charge in [-0.25, -0.2) is 4.79 Å². The highest BCUT2D eigenvalue weighted by Crippen LogP contribution is 2.17. The maximum absolute atomic E-state index is 11.5. The predicted octanol–water partition coefficient (Wildman–Crippen LogP) is 1.99. The van der Waals surface area contributed by atoms with Gasteiger partial charge in [0.05, 0.1) is 5.56 Å². The first kappa shape index (κ1) is 15.0. The summed E-state index contributed by atoms with van der Waals surface area (Å²) in [5.74, 6) is -0.846. The van der Waals surface area contributed by atoms with Gasteiger partial charge in [-0.1, -0.05) is 13.0 Å². The molecule has 0 bridgehead atoms. The van der Waals surface area contributed by atoms with Crippen molar-refractivity contribution in [3.8, 4) is 5.75 Å². The van der Waals surface area contributed by atoms with Crippen molar-refractivity contribution in [2.75, 3.05) is 6.61 Å². The van der Waals surface area contributed by atoms with E-state index >= 15 is 0 Å².